The lowest BCUT2D eigenvalue weighted by molar-refractivity contribution is -0.931. The first-order valence-electron chi connectivity index (χ1n) is 9.51. The maximum absolute atomic E-state index is 13.6. The largest absolute Gasteiger partial charge is 0.445 e. The molecule has 4 rings (SSSR count). The number of ether oxygens (including phenoxy) is 1. The molecule has 0 radical (unpaired) electrons. The molecule has 3 heterocycles. The molecule has 1 amide bonds. The molecule has 27 heavy (non-hydrogen) atoms. The summed E-state index contributed by atoms with van der Waals surface area (Å²) in [5.41, 5.74) is 1.55. The van der Waals surface area contributed by atoms with Crippen molar-refractivity contribution < 1.29 is 18.4 Å². The Labute approximate surface area is 163 Å². The van der Waals surface area contributed by atoms with Gasteiger partial charge in [-0.1, -0.05) is 12.1 Å². The average molecular weight is 390 g/mol. The van der Waals surface area contributed by atoms with Gasteiger partial charge < -0.3 is 9.22 Å². The van der Waals surface area contributed by atoms with Gasteiger partial charge >= 0.3 is 6.09 Å². The molecule has 2 aliphatic rings. The highest BCUT2D eigenvalue weighted by molar-refractivity contribution is 7.08. The number of hydrogen-bond donors (Lipinski definition) is 0. The number of fused-ring (bicyclic) bond motifs is 2. The van der Waals surface area contributed by atoms with E-state index >= 15 is 0 Å². The number of rotatable bonds is 4. The van der Waals surface area contributed by atoms with E-state index in [4.69, 9.17) is 4.74 Å². The smallest absolute Gasteiger partial charge is 0.414 e. The monoisotopic (exact) mass is 389 g/mol. The molecule has 0 spiro atoms. The van der Waals surface area contributed by atoms with Crippen molar-refractivity contribution in [1.29, 1.82) is 0 Å². The first-order valence-corrected chi connectivity index (χ1v) is 10.5. The van der Waals surface area contributed by atoms with E-state index in [1.54, 1.807) is 11.0 Å². The van der Waals surface area contributed by atoms with Crippen molar-refractivity contribution in [2.45, 2.75) is 50.4 Å². The van der Waals surface area contributed by atoms with E-state index < -0.39 is 0 Å². The van der Waals surface area contributed by atoms with Crippen molar-refractivity contribution in [3.63, 3.8) is 0 Å². The predicted octanol–water partition coefficient (Wildman–Crippen LogP) is 4.80. The minimum atomic E-state index is -0.339. The summed E-state index contributed by atoms with van der Waals surface area (Å²) in [5.74, 6) is -0.296. The summed E-state index contributed by atoms with van der Waals surface area (Å²) in [4.78, 5) is 14.6. The lowest BCUT2D eigenvalue weighted by Crippen LogP contribution is -2.56. The van der Waals surface area contributed by atoms with Crippen LogP contribution < -0.4 is 4.90 Å². The molecule has 0 saturated carbocycles. The van der Waals surface area contributed by atoms with Crippen LogP contribution in [0.2, 0.25) is 0 Å². The Hall–Kier alpha value is -1.92. The maximum Gasteiger partial charge on any atom is 0.414 e. The Morgan fingerprint density at radius 3 is 2.63 bits per heavy atom. The molecule has 6 heteroatoms. The minimum absolute atomic E-state index is 0.0326. The van der Waals surface area contributed by atoms with E-state index in [-0.39, 0.29) is 18.0 Å². The van der Waals surface area contributed by atoms with Crippen LogP contribution in [0.5, 0.6) is 0 Å². The van der Waals surface area contributed by atoms with Crippen LogP contribution >= 0.6 is 11.3 Å². The van der Waals surface area contributed by atoms with E-state index in [0.717, 1.165) is 28.6 Å². The van der Waals surface area contributed by atoms with Crippen molar-refractivity contribution >= 4 is 23.1 Å². The number of thiophene rings is 1. The zero-order valence-electron chi connectivity index (χ0n) is 15.8. The van der Waals surface area contributed by atoms with Gasteiger partial charge in [0.2, 0.25) is 0 Å². The van der Waals surface area contributed by atoms with Gasteiger partial charge in [-0.2, -0.15) is 11.3 Å². The van der Waals surface area contributed by atoms with Gasteiger partial charge in [0.1, 0.15) is 11.9 Å². The maximum atomic E-state index is 13.6. The molecule has 2 aliphatic heterocycles. The van der Waals surface area contributed by atoms with Crippen LogP contribution in [0.25, 0.3) is 0 Å². The van der Waals surface area contributed by atoms with Gasteiger partial charge in [0, 0.05) is 31.1 Å². The Morgan fingerprint density at radius 1 is 1.26 bits per heavy atom. The normalized spacial score (nSPS) is 26.0. The number of halogens is 1. The van der Waals surface area contributed by atoms with Crippen LogP contribution in [-0.4, -0.2) is 42.9 Å². The van der Waals surface area contributed by atoms with Crippen molar-refractivity contribution in [2.24, 2.45) is 0 Å². The Balaban J connectivity index is 1.48. The number of nitrogens with zero attached hydrogens (tertiary/aromatic N) is 2. The standard InChI is InChI=1S/C21H26FN2O2S/c1-24(2)18-6-7-19(24)12-20(11-18)26-21(25)23(17-8-9-27-14-17)13-15-4-3-5-16(22)10-15/h3-5,8-10,14,18-20H,6-7,11-13H2,1-2H3/q+1/t18-,19+,20?. The fourth-order valence-electron chi connectivity index (χ4n) is 4.62. The zero-order valence-corrected chi connectivity index (χ0v) is 16.6. The molecule has 2 aromatic rings. The number of amides is 1. The molecule has 144 valence electrons. The topological polar surface area (TPSA) is 29.5 Å². The van der Waals surface area contributed by atoms with Crippen molar-refractivity contribution in [3.05, 3.63) is 52.5 Å². The second kappa shape index (κ2) is 7.24. The predicted molar refractivity (Wildman–Crippen MR) is 105 cm³/mol. The Bertz CT molecular complexity index is 792. The molecule has 4 nitrogen and oxygen atoms in total. The highest BCUT2D eigenvalue weighted by Crippen LogP contribution is 2.40. The number of piperidine rings is 1. The first-order chi connectivity index (χ1) is 12.9. The molecular formula is C21H26FN2O2S+. The summed E-state index contributed by atoms with van der Waals surface area (Å²) in [6.07, 6.45) is 3.90. The van der Waals surface area contributed by atoms with Crippen molar-refractivity contribution in [1.82, 2.24) is 0 Å². The number of benzene rings is 1. The van der Waals surface area contributed by atoms with Crippen molar-refractivity contribution in [2.75, 3.05) is 19.0 Å². The van der Waals surface area contributed by atoms with Crippen LogP contribution in [-0.2, 0) is 11.3 Å². The lowest BCUT2D eigenvalue weighted by atomic mass is 9.98. The van der Waals surface area contributed by atoms with Gasteiger partial charge in [0.25, 0.3) is 0 Å². The summed E-state index contributed by atoms with van der Waals surface area (Å²) in [5, 5.41) is 3.85. The Kier molecular flexibility index (Phi) is 4.95. The first kappa shape index (κ1) is 18.4. The highest BCUT2D eigenvalue weighted by atomic mass is 32.1. The minimum Gasteiger partial charge on any atom is -0.445 e. The summed E-state index contributed by atoms with van der Waals surface area (Å²) in [6.45, 7) is 0.300. The fourth-order valence-corrected chi connectivity index (χ4v) is 5.26. The van der Waals surface area contributed by atoms with Crippen molar-refractivity contribution in [3.8, 4) is 0 Å². The van der Waals surface area contributed by atoms with E-state index in [9.17, 15) is 9.18 Å². The van der Waals surface area contributed by atoms with Gasteiger partial charge in [-0.3, -0.25) is 4.90 Å². The number of hydrogen-bond acceptors (Lipinski definition) is 3. The highest BCUT2D eigenvalue weighted by Gasteiger charge is 2.50. The fraction of sp³-hybridized carbons (Fsp3) is 0.476. The van der Waals surface area contributed by atoms with Crippen LogP contribution in [0, 0.1) is 5.82 Å². The average Bonchev–Trinajstić information content (AvgIpc) is 3.16. The number of carbonyl (C=O) groups is 1. The van der Waals surface area contributed by atoms with Crippen LogP contribution in [0.1, 0.15) is 31.2 Å². The third kappa shape index (κ3) is 3.73. The summed E-state index contributed by atoms with van der Waals surface area (Å²) < 4.78 is 20.6. The molecule has 0 aliphatic carbocycles. The molecule has 1 unspecified atom stereocenters. The quantitative estimate of drug-likeness (QED) is 0.703. The van der Waals surface area contributed by atoms with E-state index in [0.29, 0.717) is 18.6 Å². The molecular weight excluding hydrogens is 363 g/mol. The second-order valence-electron chi connectivity index (χ2n) is 8.19. The lowest BCUT2D eigenvalue weighted by Gasteiger charge is -2.44. The summed E-state index contributed by atoms with van der Waals surface area (Å²) >= 11 is 1.53. The zero-order chi connectivity index (χ0) is 19.0. The molecule has 0 N–H and O–H groups in total. The summed E-state index contributed by atoms with van der Waals surface area (Å²) in [7, 11) is 4.59. The van der Waals surface area contributed by atoms with Crippen LogP contribution in [0.3, 0.4) is 0 Å². The molecule has 1 aromatic heterocycles. The van der Waals surface area contributed by atoms with Gasteiger partial charge in [-0.15, -0.1) is 0 Å². The number of anilines is 1. The number of carbonyl (C=O) groups excluding carboxylic acids is 1. The molecule has 3 atom stereocenters. The third-order valence-corrected chi connectivity index (χ3v) is 6.99. The molecule has 2 bridgehead atoms. The molecule has 2 saturated heterocycles. The number of quaternary nitrogens is 1. The van der Waals surface area contributed by atoms with E-state index in [2.05, 4.69) is 14.1 Å². The molecule has 2 fully saturated rings. The van der Waals surface area contributed by atoms with Crippen LogP contribution in [0.15, 0.2) is 41.1 Å². The second-order valence-corrected chi connectivity index (χ2v) is 8.97. The van der Waals surface area contributed by atoms with Gasteiger partial charge in [-0.25, -0.2) is 9.18 Å². The van der Waals surface area contributed by atoms with Gasteiger partial charge in [0.05, 0.1) is 38.4 Å². The third-order valence-electron chi connectivity index (χ3n) is 6.32. The van der Waals surface area contributed by atoms with E-state index in [1.807, 2.05) is 22.9 Å². The molecule has 1 aromatic carbocycles. The van der Waals surface area contributed by atoms with Gasteiger partial charge in [0.15, 0.2) is 0 Å². The van der Waals surface area contributed by atoms with Gasteiger partial charge in [-0.05, 0) is 29.1 Å². The SMILES string of the molecule is C[N+]1(C)[C@@H]2CC[C@H]1CC(OC(=O)N(Cc1cccc(F)c1)c1ccsc1)C2. The van der Waals surface area contributed by atoms with E-state index in [1.165, 1.54) is 36.3 Å². The van der Waals surface area contributed by atoms with Crippen LogP contribution in [0.4, 0.5) is 14.9 Å². The summed E-state index contributed by atoms with van der Waals surface area (Å²) in [6, 6.07) is 9.41. The Morgan fingerprint density at radius 2 is 2.00 bits per heavy atom.